The van der Waals surface area contributed by atoms with Crippen molar-refractivity contribution in [2.45, 2.75) is 156 Å². The molecule has 1 aliphatic carbocycles. The molecule has 7 atom stereocenters. The summed E-state index contributed by atoms with van der Waals surface area (Å²) in [6, 6.07) is -0.668. The molecular formula is C29H58N2O6S. The van der Waals surface area contributed by atoms with Crippen LogP contribution < -0.4 is 10.6 Å². The predicted octanol–water partition coefficient (Wildman–Crippen LogP) is 3.26. The van der Waals surface area contributed by atoms with Crippen molar-refractivity contribution < 1.29 is 30.3 Å². The van der Waals surface area contributed by atoms with E-state index in [4.69, 9.17) is 17.0 Å². The molecule has 0 bridgehead atoms. The van der Waals surface area contributed by atoms with Gasteiger partial charge in [-0.3, -0.25) is 0 Å². The average molecular weight is 563 g/mol. The van der Waals surface area contributed by atoms with Crippen molar-refractivity contribution in [2.75, 3.05) is 6.61 Å². The Morgan fingerprint density at radius 1 is 0.868 bits per heavy atom. The summed E-state index contributed by atoms with van der Waals surface area (Å²) in [7, 11) is 0. The van der Waals surface area contributed by atoms with E-state index in [2.05, 4.69) is 66.0 Å². The predicted molar refractivity (Wildman–Crippen MR) is 157 cm³/mol. The van der Waals surface area contributed by atoms with Gasteiger partial charge in [0.2, 0.25) is 0 Å². The quantitative estimate of drug-likeness (QED) is 0.150. The first-order chi connectivity index (χ1) is 17.0. The average Bonchev–Trinajstić information content (AvgIpc) is 2.80. The van der Waals surface area contributed by atoms with Crippen LogP contribution in [0.4, 0.5) is 0 Å². The zero-order valence-corrected chi connectivity index (χ0v) is 26.4. The molecule has 1 saturated carbocycles. The van der Waals surface area contributed by atoms with Gasteiger partial charge in [0, 0.05) is 12.0 Å². The summed E-state index contributed by atoms with van der Waals surface area (Å²) in [6.07, 6.45) is -2.77. The van der Waals surface area contributed by atoms with Crippen LogP contribution in [-0.4, -0.2) is 85.5 Å². The van der Waals surface area contributed by atoms with Crippen molar-refractivity contribution >= 4 is 17.3 Å². The molecule has 7 N–H and O–H groups in total. The normalized spacial score (nSPS) is 26.3. The fraction of sp³-hybridized carbons (Fsp3) is 0.966. The summed E-state index contributed by atoms with van der Waals surface area (Å²) in [5, 5.41) is 60.1. The van der Waals surface area contributed by atoms with E-state index in [9.17, 15) is 25.5 Å². The van der Waals surface area contributed by atoms with Crippen molar-refractivity contribution in [3.05, 3.63) is 0 Å². The molecular weight excluding hydrogens is 504 g/mol. The summed E-state index contributed by atoms with van der Waals surface area (Å²) in [5.41, 5.74) is -0.625. The summed E-state index contributed by atoms with van der Waals surface area (Å²) >= 11 is 5.62. The fourth-order valence-corrected chi connectivity index (χ4v) is 6.48. The Morgan fingerprint density at radius 3 is 1.95 bits per heavy atom. The van der Waals surface area contributed by atoms with Crippen LogP contribution in [0.15, 0.2) is 0 Å². The molecule has 0 spiro atoms. The van der Waals surface area contributed by atoms with Gasteiger partial charge >= 0.3 is 0 Å². The van der Waals surface area contributed by atoms with Crippen LogP contribution in [-0.2, 0) is 4.74 Å². The van der Waals surface area contributed by atoms with Crippen LogP contribution in [0.3, 0.4) is 0 Å². The highest BCUT2D eigenvalue weighted by Crippen LogP contribution is 2.37. The Morgan fingerprint density at radius 2 is 1.42 bits per heavy atom. The number of nitrogens with one attached hydrogen (secondary N) is 2. The molecule has 0 aromatic rings. The van der Waals surface area contributed by atoms with Crippen LogP contribution in [0.25, 0.3) is 0 Å². The van der Waals surface area contributed by atoms with E-state index in [0.29, 0.717) is 24.4 Å². The topological polar surface area (TPSA) is 134 Å². The second-order valence-electron chi connectivity index (χ2n) is 15.2. The van der Waals surface area contributed by atoms with Crippen molar-refractivity contribution in [3.8, 4) is 0 Å². The standard InChI is InChI=1S/C29H58N2O6S/c1-26(2,3)16-28(7,8)22(34)14-20(33)18(30-25(38)31-29(9,10)17-27(4,5)6)15-37-21-13-11-12-19(32)23(35)24(21)36/h18-24,32-36H,11-17H2,1-10H3,(H2,30,31,38). The fourth-order valence-electron chi connectivity index (χ4n) is 6.05. The van der Waals surface area contributed by atoms with Gasteiger partial charge in [0.25, 0.3) is 0 Å². The van der Waals surface area contributed by atoms with Gasteiger partial charge in [-0.05, 0) is 74.4 Å². The highest BCUT2D eigenvalue weighted by molar-refractivity contribution is 7.80. The van der Waals surface area contributed by atoms with Gasteiger partial charge in [-0.1, -0.05) is 55.4 Å². The molecule has 226 valence electrons. The van der Waals surface area contributed by atoms with Gasteiger partial charge in [-0.15, -0.1) is 0 Å². The van der Waals surface area contributed by atoms with Gasteiger partial charge in [0.1, 0.15) is 12.2 Å². The maximum absolute atomic E-state index is 11.3. The van der Waals surface area contributed by atoms with Crippen molar-refractivity contribution in [3.63, 3.8) is 0 Å². The van der Waals surface area contributed by atoms with Gasteiger partial charge in [-0.2, -0.15) is 0 Å². The van der Waals surface area contributed by atoms with E-state index < -0.39 is 48.1 Å². The molecule has 1 aliphatic rings. The van der Waals surface area contributed by atoms with Crippen molar-refractivity contribution in [2.24, 2.45) is 16.2 Å². The first-order valence-corrected chi connectivity index (χ1v) is 14.5. The molecule has 1 rings (SSSR count). The Labute approximate surface area is 236 Å². The van der Waals surface area contributed by atoms with Crippen LogP contribution in [0.2, 0.25) is 0 Å². The molecule has 0 aromatic carbocycles. The van der Waals surface area contributed by atoms with E-state index in [1.807, 2.05) is 13.8 Å². The monoisotopic (exact) mass is 562 g/mol. The maximum Gasteiger partial charge on any atom is 0.167 e. The van der Waals surface area contributed by atoms with Gasteiger partial charge in [0.15, 0.2) is 5.11 Å². The maximum atomic E-state index is 11.3. The summed E-state index contributed by atoms with van der Waals surface area (Å²) in [4.78, 5) is 0. The molecule has 0 amide bonds. The Bertz CT molecular complexity index is 734. The number of hydrogen-bond donors (Lipinski definition) is 7. The third kappa shape index (κ3) is 12.7. The molecule has 8 nitrogen and oxygen atoms in total. The first kappa shape index (κ1) is 35.5. The lowest BCUT2D eigenvalue weighted by atomic mass is 9.71. The van der Waals surface area contributed by atoms with Crippen LogP contribution in [0.5, 0.6) is 0 Å². The van der Waals surface area contributed by atoms with Crippen LogP contribution >= 0.6 is 12.2 Å². The highest BCUT2D eigenvalue weighted by atomic mass is 32.1. The second kappa shape index (κ2) is 13.9. The molecule has 0 aliphatic heterocycles. The van der Waals surface area contributed by atoms with E-state index in [1.165, 1.54) is 0 Å². The second-order valence-corrected chi connectivity index (χ2v) is 15.6. The number of hydrogen-bond acceptors (Lipinski definition) is 7. The largest absolute Gasteiger partial charge is 0.392 e. The minimum absolute atomic E-state index is 0.000350. The third-order valence-electron chi connectivity index (χ3n) is 7.16. The van der Waals surface area contributed by atoms with E-state index in [-0.39, 0.29) is 29.4 Å². The zero-order valence-electron chi connectivity index (χ0n) is 25.5. The number of ether oxygens (including phenoxy) is 1. The van der Waals surface area contributed by atoms with Gasteiger partial charge in [0.05, 0.1) is 37.1 Å². The number of thiocarbonyl (C=S) groups is 1. The molecule has 0 heterocycles. The Hall–Kier alpha value is -0.550. The molecule has 0 radical (unpaired) electrons. The lowest BCUT2D eigenvalue weighted by molar-refractivity contribution is -0.121. The molecule has 9 heteroatoms. The van der Waals surface area contributed by atoms with E-state index >= 15 is 0 Å². The van der Waals surface area contributed by atoms with Crippen molar-refractivity contribution in [1.29, 1.82) is 0 Å². The van der Waals surface area contributed by atoms with Crippen LogP contribution in [0, 0.1) is 16.2 Å². The minimum atomic E-state index is -1.29. The lowest BCUT2D eigenvalue weighted by Crippen LogP contribution is -2.56. The van der Waals surface area contributed by atoms with Crippen molar-refractivity contribution in [1.82, 2.24) is 10.6 Å². The molecule has 38 heavy (non-hydrogen) atoms. The SMILES string of the molecule is CC(C)(C)CC(C)(C)NC(=S)NC(COC1CCCC(O)C(O)C1O)C(O)CC(O)C(C)(C)CC(C)(C)C. The third-order valence-corrected chi connectivity index (χ3v) is 7.38. The molecule has 7 unspecified atom stereocenters. The van der Waals surface area contributed by atoms with E-state index in [1.54, 1.807) is 0 Å². The zero-order chi connectivity index (χ0) is 29.7. The van der Waals surface area contributed by atoms with Crippen LogP contribution in [0.1, 0.15) is 108 Å². The smallest absolute Gasteiger partial charge is 0.167 e. The minimum Gasteiger partial charge on any atom is -0.392 e. The summed E-state index contributed by atoms with van der Waals surface area (Å²) in [6.45, 7) is 21.0. The molecule has 1 fully saturated rings. The highest BCUT2D eigenvalue weighted by Gasteiger charge is 2.38. The number of rotatable bonds is 11. The Balaban J connectivity index is 3.02. The molecule has 0 saturated heterocycles. The van der Waals surface area contributed by atoms with Gasteiger partial charge in [-0.25, -0.2) is 0 Å². The van der Waals surface area contributed by atoms with E-state index in [0.717, 1.165) is 12.8 Å². The number of aliphatic hydroxyl groups is 5. The first-order valence-electron chi connectivity index (χ1n) is 14.1. The summed E-state index contributed by atoms with van der Waals surface area (Å²) in [5.74, 6) is 0. The number of aliphatic hydroxyl groups excluding tert-OH is 5. The summed E-state index contributed by atoms with van der Waals surface area (Å²) < 4.78 is 6.02. The molecule has 0 aromatic heterocycles. The van der Waals surface area contributed by atoms with Gasteiger partial charge < -0.3 is 40.9 Å². The lowest BCUT2D eigenvalue weighted by Gasteiger charge is -2.39. The Kier molecular flexibility index (Phi) is 13.0.